The molecule has 1 heterocycles. The third kappa shape index (κ3) is 9.57. The Balaban J connectivity index is 0.000000354. The van der Waals surface area contributed by atoms with Crippen LogP contribution in [0.5, 0.6) is 0 Å². The van der Waals surface area contributed by atoms with Crippen molar-refractivity contribution in [1.29, 1.82) is 0 Å². The van der Waals surface area contributed by atoms with Crippen LogP contribution in [0, 0.1) is 0 Å². The first-order valence-electron chi connectivity index (χ1n) is 6.68. The molecule has 3 nitrogen and oxygen atoms in total. The third-order valence-electron chi connectivity index (χ3n) is 3.00. The van der Waals surface area contributed by atoms with Crippen molar-refractivity contribution in [1.82, 2.24) is 0 Å². The lowest BCUT2D eigenvalue weighted by Gasteiger charge is -2.34. The molecule has 0 saturated carbocycles. The quantitative estimate of drug-likeness (QED) is 0.761. The van der Waals surface area contributed by atoms with Gasteiger partial charge in [-0.3, -0.25) is 0 Å². The van der Waals surface area contributed by atoms with Gasteiger partial charge in [-0.25, -0.2) is 0 Å². The van der Waals surface area contributed by atoms with Gasteiger partial charge in [-0.1, -0.05) is 13.8 Å². The van der Waals surface area contributed by atoms with Crippen LogP contribution in [-0.4, -0.2) is 37.6 Å². The fourth-order valence-electron chi connectivity index (χ4n) is 1.33. The summed E-state index contributed by atoms with van der Waals surface area (Å²) in [4.78, 5) is 0. The molecule has 0 bridgehead atoms. The molecule has 104 valence electrons. The fourth-order valence-corrected chi connectivity index (χ4v) is 1.33. The minimum absolute atomic E-state index is 0.0273. The summed E-state index contributed by atoms with van der Waals surface area (Å²) < 4.78 is 15.8. The van der Waals surface area contributed by atoms with E-state index in [1.54, 1.807) is 0 Å². The van der Waals surface area contributed by atoms with Gasteiger partial charge in [0.2, 0.25) is 0 Å². The van der Waals surface area contributed by atoms with Crippen molar-refractivity contribution in [3.05, 3.63) is 0 Å². The second-order valence-corrected chi connectivity index (χ2v) is 5.55. The van der Waals surface area contributed by atoms with Crippen LogP contribution in [-0.2, 0) is 14.2 Å². The predicted molar refractivity (Wildman–Crippen MR) is 71.5 cm³/mol. The molecule has 0 radical (unpaired) electrons. The highest BCUT2D eigenvalue weighted by molar-refractivity contribution is 4.74. The largest absolute Gasteiger partial charge is 0.377 e. The Hall–Kier alpha value is -0.120. The van der Waals surface area contributed by atoms with Crippen molar-refractivity contribution in [2.45, 2.75) is 65.6 Å². The molecule has 17 heavy (non-hydrogen) atoms. The summed E-state index contributed by atoms with van der Waals surface area (Å²) in [5.41, 5.74) is 0.0546. The zero-order chi connectivity index (χ0) is 13.4. The van der Waals surface area contributed by atoms with E-state index in [1.165, 1.54) is 0 Å². The Bertz CT molecular complexity index is 158. The van der Waals surface area contributed by atoms with E-state index < -0.39 is 0 Å². The summed E-state index contributed by atoms with van der Waals surface area (Å²) in [5, 5.41) is 0. The van der Waals surface area contributed by atoms with Crippen molar-refractivity contribution < 1.29 is 14.2 Å². The summed E-state index contributed by atoms with van der Waals surface area (Å²) in [5.74, 6) is 0. The second kappa shape index (κ2) is 8.06. The van der Waals surface area contributed by atoms with E-state index in [4.69, 9.17) is 14.2 Å². The fraction of sp³-hybridized carbons (Fsp3) is 1.00. The van der Waals surface area contributed by atoms with Gasteiger partial charge in [0.1, 0.15) is 0 Å². The summed E-state index contributed by atoms with van der Waals surface area (Å²) in [7, 11) is 0. The molecule has 0 spiro atoms. The van der Waals surface area contributed by atoms with Crippen LogP contribution in [0.1, 0.15) is 54.4 Å². The molecule has 1 aliphatic rings. The number of hydrogen-bond donors (Lipinski definition) is 0. The maximum absolute atomic E-state index is 5.92. The van der Waals surface area contributed by atoms with E-state index >= 15 is 0 Å². The van der Waals surface area contributed by atoms with E-state index in [0.29, 0.717) is 0 Å². The van der Waals surface area contributed by atoms with Gasteiger partial charge in [0.15, 0.2) is 0 Å². The lowest BCUT2D eigenvalue weighted by Crippen LogP contribution is -2.35. The highest BCUT2D eigenvalue weighted by Gasteiger charge is 2.25. The molecule has 1 rings (SSSR count). The van der Waals surface area contributed by atoms with E-state index in [1.807, 2.05) is 0 Å². The smallest absolute Gasteiger partial charge is 0.0701 e. The van der Waals surface area contributed by atoms with Crippen molar-refractivity contribution in [2.24, 2.45) is 0 Å². The van der Waals surface area contributed by atoms with E-state index in [0.717, 1.165) is 39.3 Å². The molecule has 0 atom stereocenters. The maximum atomic E-state index is 5.92. The minimum atomic E-state index is 0.0273. The van der Waals surface area contributed by atoms with Gasteiger partial charge >= 0.3 is 0 Å². The van der Waals surface area contributed by atoms with Crippen molar-refractivity contribution >= 4 is 0 Å². The summed E-state index contributed by atoms with van der Waals surface area (Å²) >= 11 is 0. The predicted octanol–water partition coefficient (Wildman–Crippen LogP) is 3.41. The Labute approximate surface area is 107 Å². The zero-order valence-electron chi connectivity index (χ0n) is 12.5. The van der Waals surface area contributed by atoms with Crippen LogP contribution in [0.3, 0.4) is 0 Å². The summed E-state index contributed by atoms with van der Waals surface area (Å²) in [6.45, 7) is 16.0. The van der Waals surface area contributed by atoms with Gasteiger partial charge in [0, 0.05) is 0 Å². The first-order chi connectivity index (χ1) is 7.83. The van der Waals surface area contributed by atoms with Crippen LogP contribution in [0.25, 0.3) is 0 Å². The van der Waals surface area contributed by atoms with Crippen LogP contribution >= 0.6 is 0 Å². The Kier molecular flexibility index (Phi) is 8.01. The van der Waals surface area contributed by atoms with Crippen molar-refractivity contribution in [2.75, 3.05) is 26.4 Å². The second-order valence-electron chi connectivity index (χ2n) is 5.55. The van der Waals surface area contributed by atoms with Gasteiger partial charge in [0.05, 0.1) is 37.6 Å². The zero-order valence-corrected chi connectivity index (χ0v) is 12.5. The van der Waals surface area contributed by atoms with Gasteiger partial charge in [0.25, 0.3) is 0 Å². The topological polar surface area (TPSA) is 27.7 Å². The monoisotopic (exact) mass is 246 g/mol. The molecular weight excluding hydrogens is 216 g/mol. The van der Waals surface area contributed by atoms with Crippen molar-refractivity contribution in [3.63, 3.8) is 0 Å². The Morgan fingerprint density at radius 2 is 1.06 bits per heavy atom. The molecule has 0 aromatic carbocycles. The van der Waals surface area contributed by atoms with Gasteiger partial charge in [-0.15, -0.1) is 0 Å². The highest BCUT2D eigenvalue weighted by atomic mass is 16.6. The molecule has 0 N–H and O–H groups in total. The van der Waals surface area contributed by atoms with Crippen LogP contribution < -0.4 is 0 Å². The third-order valence-corrected chi connectivity index (χ3v) is 3.00. The molecular formula is C14H30O3. The van der Waals surface area contributed by atoms with Crippen molar-refractivity contribution in [3.8, 4) is 0 Å². The summed E-state index contributed by atoms with van der Waals surface area (Å²) in [6, 6.07) is 0. The SMILES string of the molecule is C1COCCO1.CCC(C)(C)OC(C)(C)CC. The van der Waals surface area contributed by atoms with Crippen LogP contribution in [0.4, 0.5) is 0 Å². The Morgan fingerprint density at radius 1 is 0.765 bits per heavy atom. The van der Waals surface area contributed by atoms with E-state index in [-0.39, 0.29) is 11.2 Å². The molecule has 0 unspecified atom stereocenters. The molecule has 1 saturated heterocycles. The van der Waals surface area contributed by atoms with Gasteiger partial charge in [-0.05, 0) is 40.5 Å². The standard InChI is InChI=1S/C10H22O.C4H8O2/c1-7-9(3,4)11-10(5,6)8-2;1-2-6-4-3-5-1/h7-8H2,1-6H3;1-4H2. The maximum Gasteiger partial charge on any atom is 0.0701 e. The molecule has 0 aromatic rings. The molecule has 0 aliphatic carbocycles. The summed E-state index contributed by atoms with van der Waals surface area (Å²) in [6.07, 6.45) is 2.13. The molecule has 1 aliphatic heterocycles. The van der Waals surface area contributed by atoms with E-state index in [2.05, 4.69) is 41.5 Å². The van der Waals surface area contributed by atoms with E-state index in [9.17, 15) is 0 Å². The van der Waals surface area contributed by atoms with Crippen LogP contribution in [0.15, 0.2) is 0 Å². The molecule has 0 amide bonds. The van der Waals surface area contributed by atoms with Gasteiger partial charge in [-0.2, -0.15) is 0 Å². The van der Waals surface area contributed by atoms with Crippen LogP contribution in [0.2, 0.25) is 0 Å². The Morgan fingerprint density at radius 3 is 1.24 bits per heavy atom. The minimum Gasteiger partial charge on any atom is -0.377 e. The molecule has 0 aromatic heterocycles. The first kappa shape index (κ1) is 16.9. The number of hydrogen-bond acceptors (Lipinski definition) is 3. The normalized spacial score (nSPS) is 17.3. The number of ether oxygens (including phenoxy) is 3. The first-order valence-corrected chi connectivity index (χ1v) is 6.68. The molecule has 3 heteroatoms. The number of rotatable bonds is 4. The highest BCUT2D eigenvalue weighted by Crippen LogP contribution is 2.24. The molecule has 1 fully saturated rings. The average Bonchev–Trinajstić information content (AvgIpc) is 2.31. The lowest BCUT2D eigenvalue weighted by atomic mass is 10.0. The van der Waals surface area contributed by atoms with Gasteiger partial charge < -0.3 is 14.2 Å². The average molecular weight is 246 g/mol. The lowest BCUT2D eigenvalue weighted by molar-refractivity contribution is -0.124.